The third kappa shape index (κ3) is 8.29. The molecular formula is C23H32N4O2. The topological polar surface area (TPSA) is 90.0 Å². The highest BCUT2D eigenvalue weighted by atomic mass is 16.3. The molecule has 3 aromatic rings. The smallest absolute Gasteiger partial charge is 0.211 e. The molecular weight excluding hydrogens is 364 g/mol. The summed E-state index contributed by atoms with van der Waals surface area (Å²) in [5.41, 5.74) is 5.95. The summed E-state index contributed by atoms with van der Waals surface area (Å²) in [6, 6.07) is 13.8. The molecule has 1 amide bonds. The van der Waals surface area contributed by atoms with E-state index in [0.29, 0.717) is 12.1 Å². The van der Waals surface area contributed by atoms with Crippen LogP contribution >= 0.6 is 0 Å². The third-order valence-corrected chi connectivity index (χ3v) is 3.94. The normalized spacial score (nSPS) is 10.7. The van der Waals surface area contributed by atoms with Crippen LogP contribution < -0.4 is 10.6 Å². The van der Waals surface area contributed by atoms with E-state index in [2.05, 4.69) is 26.7 Å². The van der Waals surface area contributed by atoms with Gasteiger partial charge in [0.15, 0.2) is 0 Å². The molecule has 0 aliphatic rings. The molecule has 0 aliphatic carbocycles. The number of hydrogen-bond donors (Lipinski definition) is 4. The van der Waals surface area contributed by atoms with Gasteiger partial charge in [-0.3, -0.25) is 4.79 Å². The molecule has 2 aromatic carbocycles. The zero-order valence-corrected chi connectivity index (χ0v) is 17.9. The van der Waals surface area contributed by atoms with Crippen molar-refractivity contribution in [3.05, 3.63) is 82.9 Å². The van der Waals surface area contributed by atoms with E-state index in [1.165, 1.54) is 5.56 Å². The second-order valence-electron chi connectivity index (χ2n) is 6.32. The van der Waals surface area contributed by atoms with Gasteiger partial charge in [-0.2, -0.15) is 0 Å². The number of aliphatic hydroxyl groups is 1. The summed E-state index contributed by atoms with van der Waals surface area (Å²) in [7, 11) is 1.91. The number of amides is 1. The van der Waals surface area contributed by atoms with E-state index < -0.39 is 6.10 Å². The highest BCUT2D eigenvalue weighted by molar-refractivity contribution is 5.71. The lowest BCUT2D eigenvalue weighted by Gasteiger charge is -2.09. The first kappa shape index (κ1) is 24.1. The number of aryl methyl sites for hydroxylation is 2. The van der Waals surface area contributed by atoms with Gasteiger partial charge in [-0.1, -0.05) is 44.2 Å². The quantitative estimate of drug-likeness (QED) is 0.472. The monoisotopic (exact) mass is 396 g/mol. The number of carbonyl (C=O) groups is 1. The maximum atomic E-state index is 10.1. The molecule has 1 aromatic heterocycles. The number of aliphatic hydroxyl groups excluding tert-OH is 1. The molecule has 0 aliphatic heterocycles. The number of imidazole rings is 1. The summed E-state index contributed by atoms with van der Waals surface area (Å²) >= 11 is 0. The van der Waals surface area contributed by atoms with E-state index in [4.69, 9.17) is 0 Å². The number of H-pyrrole nitrogens is 1. The fourth-order valence-electron chi connectivity index (χ4n) is 2.74. The van der Waals surface area contributed by atoms with Crippen molar-refractivity contribution < 1.29 is 9.90 Å². The van der Waals surface area contributed by atoms with Gasteiger partial charge in [0.1, 0.15) is 6.10 Å². The molecule has 3 rings (SSSR count). The molecule has 1 unspecified atom stereocenters. The minimum absolute atomic E-state index is 0.633. The Morgan fingerprint density at radius 3 is 2.21 bits per heavy atom. The summed E-state index contributed by atoms with van der Waals surface area (Å²) < 4.78 is 0. The first-order chi connectivity index (χ1) is 14.0. The zero-order chi connectivity index (χ0) is 21.6. The van der Waals surface area contributed by atoms with Gasteiger partial charge in [-0.25, -0.2) is 4.98 Å². The summed E-state index contributed by atoms with van der Waals surface area (Å²) in [4.78, 5) is 16.9. The van der Waals surface area contributed by atoms with Crippen molar-refractivity contribution in [1.29, 1.82) is 0 Å². The molecule has 1 atom stereocenters. The Morgan fingerprint density at radius 1 is 1.10 bits per heavy atom. The van der Waals surface area contributed by atoms with Gasteiger partial charge in [0, 0.05) is 12.2 Å². The van der Waals surface area contributed by atoms with Crippen LogP contribution in [0.15, 0.2) is 55.0 Å². The molecule has 1 heterocycles. The molecule has 0 bridgehead atoms. The summed E-state index contributed by atoms with van der Waals surface area (Å²) in [5.74, 6) is 0. The highest BCUT2D eigenvalue weighted by Gasteiger charge is 2.10. The predicted octanol–water partition coefficient (Wildman–Crippen LogP) is 4.11. The van der Waals surface area contributed by atoms with E-state index in [0.717, 1.165) is 28.9 Å². The highest BCUT2D eigenvalue weighted by Crippen LogP contribution is 2.19. The van der Waals surface area contributed by atoms with Crippen LogP contribution in [0.3, 0.4) is 0 Å². The number of hydrogen-bond acceptors (Lipinski definition) is 4. The van der Waals surface area contributed by atoms with Gasteiger partial charge in [0.2, 0.25) is 6.41 Å². The lowest BCUT2D eigenvalue weighted by atomic mass is 10.1. The largest absolute Gasteiger partial charge is 0.382 e. The van der Waals surface area contributed by atoms with Gasteiger partial charge in [-0.15, -0.1) is 0 Å². The molecule has 156 valence electrons. The number of nitrogens with one attached hydrogen (secondary N) is 3. The number of nitrogens with zero attached hydrogens (tertiary/aromatic N) is 1. The average molecular weight is 397 g/mol. The van der Waals surface area contributed by atoms with Crippen molar-refractivity contribution in [2.24, 2.45) is 0 Å². The Labute approximate surface area is 173 Å². The Morgan fingerprint density at radius 2 is 1.72 bits per heavy atom. The van der Waals surface area contributed by atoms with Crippen LogP contribution in [0.2, 0.25) is 0 Å². The van der Waals surface area contributed by atoms with Crippen LogP contribution in [0.5, 0.6) is 0 Å². The molecule has 0 fully saturated rings. The molecule has 0 saturated heterocycles. The van der Waals surface area contributed by atoms with Crippen molar-refractivity contribution in [1.82, 2.24) is 15.3 Å². The Bertz CT molecular complexity index is 810. The number of aromatic nitrogens is 2. The third-order valence-electron chi connectivity index (χ3n) is 3.94. The maximum Gasteiger partial charge on any atom is 0.211 e. The van der Waals surface area contributed by atoms with E-state index in [1.807, 2.05) is 71.1 Å². The Balaban J connectivity index is 0.000000284. The first-order valence-electron chi connectivity index (χ1n) is 9.71. The standard InChI is InChI=1S/C12H15N3O.C9H11NO.C2H6/c1-13-6-9-2-4-10(5-3-9)12(16)11-7-14-8-15-11;1-7-3-8(2)5-9(4-7)10-6-11;1-2/h2-5,7-8,12-13,16H,6H2,1H3,(H,14,15);3-6H,1-2H3,(H,10,11);1-2H3. The number of benzene rings is 2. The fourth-order valence-corrected chi connectivity index (χ4v) is 2.74. The fraction of sp³-hybridized carbons (Fsp3) is 0.304. The van der Waals surface area contributed by atoms with Crippen LogP contribution in [0.25, 0.3) is 0 Å². The lowest BCUT2D eigenvalue weighted by molar-refractivity contribution is -0.105. The van der Waals surface area contributed by atoms with Gasteiger partial charge >= 0.3 is 0 Å². The van der Waals surface area contributed by atoms with Crippen molar-refractivity contribution in [2.45, 2.75) is 40.3 Å². The molecule has 6 heteroatoms. The summed E-state index contributed by atoms with van der Waals surface area (Å²) in [6.45, 7) is 8.84. The van der Waals surface area contributed by atoms with Crippen LogP contribution in [0.4, 0.5) is 5.69 Å². The average Bonchev–Trinajstić information content (AvgIpc) is 3.25. The van der Waals surface area contributed by atoms with E-state index in [-0.39, 0.29) is 0 Å². The van der Waals surface area contributed by atoms with E-state index in [9.17, 15) is 9.90 Å². The number of aromatic amines is 1. The minimum atomic E-state index is -0.633. The van der Waals surface area contributed by atoms with Crippen LogP contribution in [-0.4, -0.2) is 28.5 Å². The second kappa shape index (κ2) is 13.3. The molecule has 0 spiro atoms. The predicted molar refractivity (Wildman–Crippen MR) is 119 cm³/mol. The van der Waals surface area contributed by atoms with Gasteiger partial charge in [-0.05, 0) is 55.3 Å². The molecule has 29 heavy (non-hydrogen) atoms. The zero-order valence-electron chi connectivity index (χ0n) is 17.9. The molecule has 0 radical (unpaired) electrons. The van der Waals surface area contributed by atoms with Crippen molar-refractivity contribution in [3.63, 3.8) is 0 Å². The number of rotatable bonds is 6. The Kier molecular flexibility index (Phi) is 11.0. The molecule has 4 N–H and O–H groups in total. The van der Waals surface area contributed by atoms with Crippen molar-refractivity contribution >= 4 is 12.1 Å². The van der Waals surface area contributed by atoms with Crippen LogP contribution in [-0.2, 0) is 11.3 Å². The second-order valence-corrected chi connectivity index (χ2v) is 6.32. The van der Waals surface area contributed by atoms with Gasteiger partial charge in [0.05, 0.1) is 18.2 Å². The maximum absolute atomic E-state index is 10.1. The van der Waals surface area contributed by atoms with Gasteiger partial charge in [0.25, 0.3) is 0 Å². The number of anilines is 1. The summed E-state index contributed by atoms with van der Waals surface area (Å²) in [6.07, 6.45) is 3.25. The van der Waals surface area contributed by atoms with Crippen LogP contribution in [0, 0.1) is 13.8 Å². The molecule has 6 nitrogen and oxygen atoms in total. The van der Waals surface area contributed by atoms with Crippen LogP contribution in [0.1, 0.15) is 47.9 Å². The van der Waals surface area contributed by atoms with Crippen molar-refractivity contribution in [2.75, 3.05) is 12.4 Å². The molecule has 0 saturated carbocycles. The van der Waals surface area contributed by atoms with Crippen molar-refractivity contribution in [3.8, 4) is 0 Å². The minimum Gasteiger partial charge on any atom is -0.382 e. The van der Waals surface area contributed by atoms with E-state index >= 15 is 0 Å². The lowest BCUT2D eigenvalue weighted by Crippen LogP contribution is -2.05. The summed E-state index contributed by atoms with van der Waals surface area (Å²) in [5, 5.41) is 15.7. The number of carbonyl (C=O) groups excluding carboxylic acids is 1. The van der Waals surface area contributed by atoms with E-state index in [1.54, 1.807) is 12.5 Å². The Hall–Kier alpha value is -2.96. The van der Waals surface area contributed by atoms with Gasteiger partial charge < -0.3 is 20.7 Å². The SMILES string of the molecule is CC.CNCc1ccc(C(O)c2cnc[nH]2)cc1.Cc1cc(C)cc(NC=O)c1. The first-order valence-corrected chi connectivity index (χ1v) is 9.71.